The zero-order valence-electron chi connectivity index (χ0n) is 14.6. The molecule has 0 aromatic heterocycles. The molecule has 0 bridgehead atoms. The molecule has 136 valence electrons. The fourth-order valence-corrected chi connectivity index (χ4v) is 3.74. The van der Waals surface area contributed by atoms with Crippen LogP contribution in [0.25, 0.3) is 6.08 Å². The number of amides is 1. The molecule has 0 saturated carbocycles. The van der Waals surface area contributed by atoms with Gasteiger partial charge in [0, 0.05) is 19.0 Å². The molecule has 2 N–H and O–H groups in total. The van der Waals surface area contributed by atoms with Crippen molar-refractivity contribution >= 4 is 23.6 Å². The summed E-state index contributed by atoms with van der Waals surface area (Å²) in [6, 6.07) is 4.33. The van der Waals surface area contributed by atoms with Gasteiger partial charge in [0.05, 0.1) is 24.2 Å². The zero-order chi connectivity index (χ0) is 17.6. The molecule has 2 aliphatic rings. The SMILES string of the molecule is C[C@H]1CCCC[NH+]1CCCNC(=O)/C=C/c1cc(Cl)c2c(c1)OCO2. The number of rotatable bonds is 6. The quantitative estimate of drug-likeness (QED) is 0.599. The van der Waals surface area contributed by atoms with E-state index in [-0.39, 0.29) is 12.7 Å². The summed E-state index contributed by atoms with van der Waals surface area (Å²) in [5.41, 5.74) is 0.816. The Balaban J connectivity index is 1.42. The fraction of sp³-hybridized carbons (Fsp3) is 0.526. The molecule has 0 radical (unpaired) electrons. The summed E-state index contributed by atoms with van der Waals surface area (Å²) >= 11 is 6.14. The van der Waals surface area contributed by atoms with Crippen molar-refractivity contribution in [3.05, 3.63) is 28.8 Å². The van der Waals surface area contributed by atoms with Crippen molar-refractivity contribution in [2.24, 2.45) is 0 Å². The first-order valence-corrected chi connectivity index (χ1v) is 9.41. The maximum absolute atomic E-state index is 12.0. The highest BCUT2D eigenvalue weighted by molar-refractivity contribution is 6.32. The third-order valence-electron chi connectivity index (χ3n) is 4.93. The molecule has 3 rings (SSSR count). The molecule has 1 amide bonds. The van der Waals surface area contributed by atoms with Crippen LogP contribution in [-0.4, -0.2) is 38.4 Å². The average Bonchev–Trinajstić information content (AvgIpc) is 3.07. The lowest BCUT2D eigenvalue weighted by Crippen LogP contribution is -3.16. The van der Waals surface area contributed by atoms with E-state index in [1.807, 2.05) is 6.07 Å². The van der Waals surface area contributed by atoms with Gasteiger partial charge in [-0.1, -0.05) is 11.6 Å². The minimum absolute atomic E-state index is 0.0875. The lowest BCUT2D eigenvalue weighted by Gasteiger charge is -2.30. The number of hydrogen-bond acceptors (Lipinski definition) is 3. The number of likely N-dealkylation sites (tertiary alicyclic amines) is 1. The van der Waals surface area contributed by atoms with Crippen LogP contribution in [-0.2, 0) is 4.79 Å². The molecule has 1 aromatic rings. The summed E-state index contributed by atoms with van der Waals surface area (Å²) in [7, 11) is 0. The van der Waals surface area contributed by atoms with Gasteiger partial charge in [0.1, 0.15) is 0 Å². The first kappa shape index (κ1) is 18.1. The Bertz CT molecular complexity index is 648. The van der Waals surface area contributed by atoms with Gasteiger partial charge in [-0.15, -0.1) is 0 Å². The largest absolute Gasteiger partial charge is 0.454 e. The smallest absolute Gasteiger partial charge is 0.244 e. The van der Waals surface area contributed by atoms with Gasteiger partial charge in [0.25, 0.3) is 0 Å². The number of piperidine rings is 1. The number of fused-ring (bicyclic) bond motifs is 1. The molecule has 2 aliphatic heterocycles. The van der Waals surface area contributed by atoms with Crippen LogP contribution in [0.4, 0.5) is 0 Å². The molecule has 2 atom stereocenters. The number of ether oxygens (including phenoxy) is 2. The Kier molecular flexibility index (Phi) is 6.21. The van der Waals surface area contributed by atoms with Crippen molar-refractivity contribution in [3.8, 4) is 11.5 Å². The minimum Gasteiger partial charge on any atom is -0.454 e. The van der Waals surface area contributed by atoms with E-state index in [1.165, 1.54) is 31.9 Å². The molecule has 6 heteroatoms. The summed E-state index contributed by atoms with van der Waals surface area (Å²) in [6.07, 6.45) is 8.28. The van der Waals surface area contributed by atoms with Crippen LogP contribution < -0.4 is 19.7 Å². The van der Waals surface area contributed by atoms with Crippen molar-refractivity contribution < 1.29 is 19.2 Å². The van der Waals surface area contributed by atoms with Gasteiger partial charge >= 0.3 is 0 Å². The Morgan fingerprint density at radius 2 is 2.28 bits per heavy atom. The Labute approximate surface area is 153 Å². The van der Waals surface area contributed by atoms with Crippen molar-refractivity contribution in [2.75, 3.05) is 26.4 Å². The second-order valence-corrected chi connectivity index (χ2v) is 7.18. The van der Waals surface area contributed by atoms with Crippen LogP contribution in [0.3, 0.4) is 0 Å². The van der Waals surface area contributed by atoms with Crippen LogP contribution in [0.1, 0.15) is 38.2 Å². The van der Waals surface area contributed by atoms with Crippen molar-refractivity contribution in [1.29, 1.82) is 0 Å². The van der Waals surface area contributed by atoms with Crippen molar-refractivity contribution in [2.45, 2.75) is 38.6 Å². The van der Waals surface area contributed by atoms with Gasteiger partial charge in [0.15, 0.2) is 11.5 Å². The van der Waals surface area contributed by atoms with Crippen molar-refractivity contribution in [3.63, 3.8) is 0 Å². The topological polar surface area (TPSA) is 52.0 Å². The number of quaternary nitrogens is 1. The average molecular weight is 366 g/mol. The Morgan fingerprint density at radius 1 is 1.40 bits per heavy atom. The number of halogens is 1. The summed E-state index contributed by atoms with van der Waals surface area (Å²) in [4.78, 5) is 13.6. The molecular formula is C19H26ClN2O3+. The van der Waals surface area contributed by atoms with E-state index in [0.717, 1.165) is 24.6 Å². The first-order chi connectivity index (χ1) is 12.1. The third-order valence-corrected chi connectivity index (χ3v) is 5.21. The maximum Gasteiger partial charge on any atom is 0.244 e. The highest BCUT2D eigenvalue weighted by Gasteiger charge is 2.21. The monoisotopic (exact) mass is 365 g/mol. The zero-order valence-corrected chi connectivity index (χ0v) is 15.4. The lowest BCUT2D eigenvalue weighted by atomic mass is 10.0. The van der Waals surface area contributed by atoms with Crippen LogP contribution in [0.5, 0.6) is 11.5 Å². The highest BCUT2D eigenvalue weighted by Crippen LogP contribution is 2.39. The molecule has 2 heterocycles. The number of carbonyl (C=O) groups is 1. The first-order valence-electron chi connectivity index (χ1n) is 9.03. The second-order valence-electron chi connectivity index (χ2n) is 6.77. The fourth-order valence-electron chi connectivity index (χ4n) is 3.47. The molecule has 25 heavy (non-hydrogen) atoms. The third kappa shape index (κ3) is 4.89. The maximum atomic E-state index is 12.0. The number of nitrogens with one attached hydrogen (secondary N) is 2. The van der Waals surface area contributed by atoms with Crippen LogP contribution in [0.2, 0.25) is 5.02 Å². The predicted octanol–water partition coefficient (Wildman–Crippen LogP) is 2.05. The van der Waals surface area contributed by atoms with Crippen LogP contribution in [0.15, 0.2) is 18.2 Å². The Morgan fingerprint density at radius 3 is 3.12 bits per heavy atom. The predicted molar refractivity (Wildman–Crippen MR) is 98.2 cm³/mol. The van der Waals surface area contributed by atoms with Crippen molar-refractivity contribution in [1.82, 2.24) is 5.32 Å². The molecule has 1 aromatic carbocycles. The molecular weight excluding hydrogens is 340 g/mol. The van der Waals surface area contributed by atoms with E-state index < -0.39 is 0 Å². The van der Waals surface area contributed by atoms with E-state index >= 15 is 0 Å². The van der Waals surface area contributed by atoms with E-state index in [9.17, 15) is 4.79 Å². The molecule has 1 saturated heterocycles. The standard InChI is InChI=1S/C19H25ClN2O3/c1-14-5-2-3-9-22(14)10-4-8-21-18(23)7-6-15-11-16(20)19-17(12-15)24-13-25-19/h6-7,11-12,14H,2-5,8-10,13H2,1H3,(H,21,23)/p+1/b7-6+/t14-/m0/s1. The molecule has 0 aliphatic carbocycles. The van der Waals surface area contributed by atoms with Gasteiger partial charge in [-0.3, -0.25) is 4.79 Å². The van der Waals surface area contributed by atoms with Gasteiger partial charge < -0.3 is 19.7 Å². The molecule has 1 fully saturated rings. The highest BCUT2D eigenvalue weighted by atomic mass is 35.5. The summed E-state index contributed by atoms with van der Waals surface area (Å²) < 4.78 is 10.6. The van der Waals surface area contributed by atoms with E-state index in [4.69, 9.17) is 21.1 Å². The Hall–Kier alpha value is -1.72. The second kappa shape index (κ2) is 8.59. The summed E-state index contributed by atoms with van der Waals surface area (Å²) in [5.74, 6) is 1.10. The van der Waals surface area contributed by atoms with Gasteiger partial charge in [-0.2, -0.15) is 0 Å². The van der Waals surface area contributed by atoms with Crippen LogP contribution >= 0.6 is 11.6 Å². The molecule has 1 unspecified atom stereocenters. The van der Waals surface area contributed by atoms with Gasteiger partial charge in [-0.25, -0.2) is 0 Å². The summed E-state index contributed by atoms with van der Waals surface area (Å²) in [5, 5.41) is 3.44. The molecule has 0 spiro atoms. The minimum atomic E-state index is -0.0875. The summed E-state index contributed by atoms with van der Waals surface area (Å²) in [6.45, 7) is 5.61. The van der Waals surface area contributed by atoms with E-state index in [2.05, 4.69) is 12.2 Å². The van der Waals surface area contributed by atoms with E-state index in [1.54, 1.807) is 17.0 Å². The molecule has 5 nitrogen and oxygen atoms in total. The van der Waals surface area contributed by atoms with E-state index in [0.29, 0.717) is 23.1 Å². The van der Waals surface area contributed by atoms with Crippen LogP contribution in [0, 0.1) is 0 Å². The number of hydrogen-bond donors (Lipinski definition) is 2. The van der Waals surface area contributed by atoms with Gasteiger partial charge in [-0.05, 0) is 50.0 Å². The van der Waals surface area contributed by atoms with Gasteiger partial charge in [0.2, 0.25) is 12.7 Å². The lowest BCUT2D eigenvalue weighted by molar-refractivity contribution is -0.928. The number of carbonyl (C=O) groups excluding carboxylic acids is 1. The normalized spacial score (nSPS) is 22.3. The number of benzene rings is 1.